The zero-order valence-electron chi connectivity index (χ0n) is 9.64. The van der Waals surface area contributed by atoms with Crippen molar-refractivity contribution in [2.75, 3.05) is 6.54 Å². The van der Waals surface area contributed by atoms with E-state index in [1.807, 2.05) is 0 Å². The first-order chi connectivity index (χ1) is 7.77. The summed E-state index contributed by atoms with van der Waals surface area (Å²) < 4.78 is 38.5. The molecule has 5 nitrogen and oxygen atoms in total. The van der Waals surface area contributed by atoms with E-state index < -0.39 is 21.4 Å². The summed E-state index contributed by atoms with van der Waals surface area (Å²) in [6.07, 6.45) is 2.37. The van der Waals surface area contributed by atoms with Crippen molar-refractivity contribution in [3.63, 3.8) is 0 Å². The molecule has 0 aliphatic heterocycles. The summed E-state index contributed by atoms with van der Waals surface area (Å²) in [6.45, 7) is 3.11. The SMILES string of the molecule is CCC(C)(O)CNS(=O)(=O)c1cncc(F)c1. The summed E-state index contributed by atoms with van der Waals surface area (Å²) >= 11 is 0. The van der Waals surface area contributed by atoms with Crippen LogP contribution in [0.25, 0.3) is 0 Å². The van der Waals surface area contributed by atoms with Crippen molar-refractivity contribution >= 4 is 10.0 Å². The van der Waals surface area contributed by atoms with Gasteiger partial charge in [-0.3, -0.25) is 4.98 Å². The van der Waals surface area contributed by atoms with E-state index >= 15 is 0 Å². The van der Waals surface area contributed by atoms with E-state index in [0.29, 0.717) is 6.42 Å². The highest BCUT2D eigenvalue weighted by Crippen LogP contribution is 2.11. The van der Waals surface area contributed by atoms with Crippen LogP contribution < -0.4 is 4.72 Å². The van der Waals surface area contributed by atoms with Gasteiger partial charge in [0, 0.05) is 12.7 Å². The molecule has 17 heavy (non-hydrogen) atoms. The molecule has 0 amide bonds. The molecular formula is C10H15FN2O3S. The van der Waals surface area contributed by atoms with E-state index in [0.717, 1.165) is 18.5 Å². The molecule has 2 N–H and O–H groups in total. The van der Waals surface area contributed by atoms with Gasteiger partial charge in [-0.1, -0.05) is 6.92 Å². The maximum atomic E-state index is 12.8. The van der Waals surface area contributed by atoms with E-state index in [1.54, 1.807) is 6.92 Å². The Morgan fingerprint density at radius 2 is 2.18 bits per heavy atom. The minimum Gasteiger partial charge on any atom is -0.389 e. The smallest absolute Gasteiger partial charge is 0.242 e. The number of halogens is 1. The van der Waals surface area contributed by atoms with E-state index in [2.05, 4.69) is 9.71 Å². The van der Waals surface area contributed by atoms with Crippen molar-refractivity contribution in [2.45, 2.75) is 30.8 Å². The van der Waals surface area contributed by atoms with Crippen LogP contribution in [0.2, 0.25) is 0 Å². The third-order valence-corrected chi connectivity index (χ3v) is 3.76. The van der Waals surface area contributed by atoms with E-state index in [-0.39, 0.29) is 11.4 Å². The maximum absolute atomic E-state index is 12.8. The van der Waals surface area contributed by atoms with Crippen molar-refractivity contribution in [1.29, 1.82) is 0 Å². The fourth-order valence-electron chi connectivity index (χ4n) is 0.998. The average Bonchev–Trinajstić information content (AvgIpc) is 2.27. The molecule has 1 rings (SSSR count). The normalized spacial score (nSPS) is 15.5. The van der Waals surface area contributed by atoms with Gasteiger partial charge < -0.3 is 5.11 Å². The standard InChI is InChI=1S/C10H15FN2O3S/c1-3-10(2,14)7-13-17(15,16)9-4-8(11)5-12-6-9/h4-6,13-14H,3,7H2,1-2H3. The summed E-state index contributed by atoms with van der Waals surface area (Å²) in [4.78, 5) is 3.20. The molecule has 96 valence electrons. The Balaban J connectivity index is 2.83. The molecular weight excluding hydrogens is 247 g/mol. The summed E-state index contributed by atoms with van der Waals surface area (Å²) in [7, 11) is -3.84. The van der Waals surface area contributed by atoms with Gasteiger partial charge in [0.25, 0.3) is 0 Å². The maximum Gasteiger partial charge on any atom is 0.242 e. The molecule has 0 saturated heterocycles. The van der Waals surface area contributed by atoms with Crippen LogP contribution in [-0.4, -0.2) is 30.7 Å². The number of nitrogens with one attached hydrogen (secondary N) is 1. The van der Waals surface area contributed by atoms with E-state index in [9.17, 15) is 17.9 Å². The lowest BCUT2D eigenvalue weighted by atomic mass is 10.1. The third kappa shape index (κ3) is 4.03. The fraction of sp³-hybridized carbons (Fsp3) is 0.500. The van der Waals surface area contributed by atoms with Crippen molar-refractivity contribution in [1.82, 2.24) is 9.71 Å². The highest BCUT2D eigenvalue weighted by Gasteiger charge is 2.22. The minimum atomic E-state index is -3.84. The van der Waals surface area contributed by atoms with Crippen LogP contribution in [0.3, 0.4) is 0 Å². The van der Waals surface area contributed by atoms with E-state index in [4.69, 9.17) is 0 Å². The average molecular weight is 262 g/mol. The monoisotopic (exact) mass is 262 g/mol. The lowest BCUT2D eigenvalue weighted by Gasteiger charge is -2.21. The quantitative estimate of drug-likeness (QED) is 0.817. The largest absolute Gasteiger partial charge is 0.389 e. The first-order valence-corrected chi connectivity index (χ1v) is 6.58. The van der Waals surface area contributed by atoms with Crippen LogP contribution in [0.4, 0.5) is 4.39 Å². The van der Waals surface area contributed by atoms with Gasteiger partial charge >= 0.3 is 0 Å². The summed E-state index contributed by atoms with van der Waals surface area (Å²) in [6, 6.07) is 0.871. The molecule has 0 aliphatic carbocycles. The Labute approximate surface area is 99.7 Å². The lowest BCUT2D eigenvalue weighted by molar-refractivity contribution is 0.0613. The van der Waals surface area contributed by atoms with Crippen molar-refractivity contribution in [3.8, 4) is 0 Å². The van der Waals surface area contributed by atoms with Gasteiger partial charge in [0.15, 0.2) is 0 Å². The lowest BCUT2D eigenvalue weighted by Crippen LogP contribution is -2.40. The van der Waals surface area contributed by atoms with Gasteiger partial charge in [-0.2, -0.15) is 0 Å². The third-order valence-electron chi connectivity index (χ3n) is 2.39. The summed E-state index contributed by atoms with van der Waals surface area (Å²) in [5.41, 5.74) is -1.13. The number of nitrogens with zero attached hydrogens (tertiary/aromatic N) is 1. The second-order valence-electron chi connectivity index (χ2n) is 4.01. The molecule has 0 aromatic carbocycles. The molecule has 0 radical (unpaired) electrons. The number of rotatable bonds is 5. The van der Waals surface area contributed by atoms with Crippen molar-refractivity contribution in [2.24, 2.45) is 0 Å². The number of aromatic nitrogens is 1. The molecule has 0 spiro atoms. The minimum absolute atomic E-state index is 0.137. The number of hydrogen-bond donors (Lipinski definition) is 2. The highest BCUT2D eigenvalue weighted by atomic mass is 32.2. The molecule has 0 aliphatic rings. The second kappa shape index (κ2) is 5.07. The number of aliphatic hydroxyl groups is 1. The molecule has 1 unspecified atom stereocenters. The Bertz CT molecular complexity index is 488. The molecule has 1 aromatic rings. The highest BCUT2D eigenvalue weighted by molar-refractivity contribution is 7.89. The van der Waals surface area contributed by atoms with Gasteiger partial charge in [-0.05, 0) is 19.4 Å². The van der Waals surface area contributed by atoms with Gasteiger partial charge in [-0.15, -0.1) is 0 Å². The molecule has 0 bridgehead atoms. The number of pyridine rings is 1. The molecule has 1 atom stereocenters. The first kappa shape index (κ1) is 14.0. The molecule has 0 fully saturated rings. The van der Waals surface area contributed by atoms with E-state index in [1.165, 1.54) is 6.92 Å². The Kier molecular flexibility index (Phi) is 4.18. The fourth-order valence-corrected chi connectivity index (χ4v) is 2.13. The molecule has 1 heterocycles. The Morgan fingerprint density at radius 1 is 1.53 bits per heavy atom. The summed E-state index contributed by atoms with van der Waals surface area (Å²) in [5, 5.41) is 9.67. The van der Waals surface area contributed by atoms with Crippen LogP contribution >= 0.6 is 0 Å². The van der Waals surface area contributed by atoms with Crippen LogP contribution in [0.15, 0.2) is 23.4 Å². The van der Waals surface area contributed by atoms with Gasteiger partial charge in [0.2, 0.25) is 10.0 Å². The Morgan fingerprint density at radius 3 is 2.71 bits per heavy atom. The zero-order chi connectivity index (χ0) is 13.1. The van der Waals surface area contributed by atoms with Crippen LogP contribution in [0, 0.1) is 5.82 Å². The van der Waals surface area contributed by atoms with Gasteiger partial charge in [0.1, 0.15) is 10.7 Å². The molecule has 0 saturated carbocycles. The van der Waals surface area contributed by atoms with Gasteiger partial charge in [-0.25, -0.2) is 17.5 Å². The first-order valence-electron chi connectivity index (χ1n) is 5.09. The van der Waals surface area contributed by atoms with Gasteiger partial charge in [0.05, 0.1) is 11.8 Å². The second-order valence-corrected chi connectivity index (χ2v) is 5.78. The van der Waals surface area contributed by atoms with Crippen LogP contribution in [0.5, 0.6) is 0 Å². The van der Waals surface area contributed by atoms with Crippen LogP contribution in [0.1, 0.15) is 20.3 Å². The predicted molar refractivity (Wildman–Crippen MR) is 60.3 cm³/mol. The number of hydrogen-bond acceptors (Lipinski definition) is 4. The molecule has 7 heteroatoms. The topological polar surface area (TPSA) is 79.3 Å². The molecule has 1 aromatic heterocycles. The van der Waals surface area contributed by atoms with Crippen molar-refractivity contribution < 1.29 is 17.9 Å². The predicted octanol–water partition coefficient (Wildman–Crippen LogP) is 0.660. The summed E-state index contributed by atoms with van der Waals surface area (Å²) in [5.74, 6) is -0.727. The number of sulfonamides is 1. The van der Waals surface area contributed by atoms with Crippen LogP contribution in [-0.2, 0) is 10.0 Å². The Hall–Kier alpha value is -1.05. The zero-order valence-corrected chi connectivity index (χ0v) is 10.5. The van der Waals surface area contributed by atoms with Crippen molar-refractivity contribution in [3.05, 3.63) is 24.3 Å².